The van der Waals surface area contributed by atoms with Gasteiger partial charge in [-0.3, -0.25) is 0 Å². The van der Waals surface area contributed by atoms with Crippen LogP contribution in [-0.4, -0.2) is 33.2 Å². The van der Waals surface area contributed by atoms with Crippen molar-refractivity contribution >= 4 is 8.32 Å². The minimum Gasteiger partial charge on any atom is -0.488 e. The first-order valence-corrected chi connectivity index (χ1v) is 12.0. The molecule has 2 heterocycles. The lowest BCUT2D eigenvalue weighted by Crippen LogP contribution is -2.51. The van der Waals surface area contributed by atoms with Crippen LogP contribution in [0.25, 0.3) is 0 Å². The van der Waals surface area contributed by atoms with Gasteiger partial charge in [0.1, 0.15) is 24.1 Å². The van der Waals surface area contributed by atoms with Crippen LogP contribution in [0.5, 0.6) is 0 Å². The van der Waals surface area contributed by atoms with Gasteiger partial charge in [0.2, 0.25) is 0 Å². The summed E-state index contributed by atoms with van der Waals surface area (Å²) < 4.78 is 24.7. The highest BCUT2D eigenvalue weighted by atomic mass is 28.4. The molecule has 0 radical (unpaired) electrons. The highest BCUT2D eigenvalue weighted by Gasteiger charge is 2.43. The molecule has 25 heavy (non-hydrogen) atoms. The molecule has 0 aliphatic carbocycles. The van der Waals surface area contributed by atoms with Gasteiger partial charge in [0.25, 0.3) is 0 Å². The number of benzene rings is 1. The standard InChI is InChI=1S/C20H30O4Si/c1-5-25(6-2,7-3)24-17-13-18-19(22-15(17)4)14-21-20(23-18)16-11-9-8-10-12-16/h8-12,17-20H,4-7,13-14H2,1-3H3/t17-,18+,19-,20-/m1/s1. The predicted octanol–water partition coefficient (Wildman–Crippen LogP) is 4.79. The lowest BCUT2D eigenvalue weighted by molar-refractivity contribution is -0.276. The molecule has 3 rings (SSSR count). The Morgan fingerprint density at radius 1 is 1.08 bits per heavy atom. The van der Waals surface area contributed by atoms with Crippen LogP contribution in [0.4, 0.5) is 0 Å². The van der Waals surface area contributed by atoms with Crippen molar-refractivity contribution in [1.82, 2.24) is 0 Å². The third kappa shape index (κ3) is 4.00. The van der Waals surface area contributed by atoms with Crippen LogP contribution in [-0.2, 0) is 18.6 Å². The van der Waals surface area contributed by atoms with Crippen LogP contribution in [0.2, 0.25) is 18.1 Å². The van der Waals surface area contributed by atoms with Crippen molar-refractivity contribution in [2.75, 3.05) is 6.61 Å². The van der Waals surface area contributed by atoms with Gasteiger partial charge >= 0.3 is 0 Å². The van der Waals surface area contributed by atoms with E-state index >= 15 is 0 Å². The Kier molecular flexibility index (Phi) is 5.99. The van der Waals surface area contributed by atoms with Crippen molar-refractivity contribution in [2.24, 2.45) is 0 Å². The third-order valence-corrected chi connectivity index (χ3v) is 10.3. The minimum absolute atomic E-state index is 0.0216. The molecule has 4 nitrogen and oxygen atoms in total. The van der Waals surface area contributed by atoms with Gasteiger partial charge in [-0.15, -0.1) is 0 Å². The van der Waals surface area contributed by atoms with E-state index in [1.807, 2.05) is 30.3 Å². The molecular weight excluding hydrogens is 332 g/mol. The molecule has 4 atom stereocenters. The van der Waals surface area contributed by atoms with Crippen LogP contribution in [0.1, 0.15) is 39.0 Å². The van der Waals surface area contributed by atoms with E-state index in [0.29, 0.717) is 6.61 Å². The molecule has 1 aromatic carbocycles. The second kappa shape index (κ2) is 8.04. The van der Waals surface area contributed by atoms with E-state index in [1.54, 1.807) is 0 Å². The highest BCUT2D eigenvalue weighted by molar-refractivity contribution is 6.73. The molecule has 2 aliphatic rings. The van der Waals surface area contributed by atoms with Crippen LogP contribution in [0.3, 0.4) is 0 Å². The maximum Gasteiger partial charge on any atom is 0.193 e. The second-order valence-corrected chi connectivity index (χ2v) is 11.7. The fraction of sp³-hybridized carbons (Fsp3) is 0.600. The van der Waals surface area contributed by atoms with Gasteiger partial charge in [-0.25, -0.2) is 0 Å². The Labute approximate surface area is 152 Å². The lowest BCUT2D eigenvalue weighted by atomic mass is 10.0. The first kappa shape index (κ1) is 18.6. The van der Waals surface area contributed by atoms with Crippen LogP contribution in [0.15, 0.2) is 42.7 Å². The molecule has 2 fully saturated rings. The topological polar surface area (TPSA) is 36.9 Å². The maximum atomic E-state index is 6.62. The van der Waals surface area contributed by atoms with Crippen molar-refractivity contribution in [1.29, 1.82) is 0 Å². The molecular formula is C20H30O4Si. The number of fused-ring (bicyclic) bond motifs is 1. The highest BCUT2D eigenvalue weighted by Crippen LogP contribution is 2.37. The molecule has 0 unspecified atom stereocenters. The zero-order valence-electron chi connectivity index (χ0n) is 15.6. The van der Waals surface area contributed by atoms with Gasteiger partial charge in [0.05, 0.1) is 6.61 Å². The number of hydrogen-bond acceptors (Lipinski definition) is 4. The molecule has 2 aliphatic heterocycles. The summed E-state index contributed by atoms with van der Waals surface area (Å²) in [7, 11) is -1.71. The lowest BCUT2D eigenvalue weighted by Gasteiger charge is -2.45. The Morgan fingerprint density at radius 2 is 1.76 bits per heavy atom. The van der Waals surface area contributed by atoms with Gasteiger partial charge in [-0.1, -0.05) is 57.7 Å². The molecule has 0 bridgehead atoms. The summed E-state index contributed by atoms with van der Waals surface area (Å²) in [6.07, 6.45) is 0.288. The van der Waals surface area contributed by atoms with E-state index in [4.69, 9.17) is 18.6 Å². The quantitative estimate of drug-likeness (QED) is 0.682. The van der Waals surface area contributed by atoms with E-state index in [-0.39, 0.29) is 24.6 Å². The van der Waals surface area contributed by atoms with Crippen molar-refractivity contribution in [3.63, 3.8) is 0 Å². The molecule has 138 valence electrons. The van der Waals surface area contributed by atoms with Crippen LogP contribution in [0, 0.1) is 0 Å². The van der Waals surface area contributed by atoms with Gasteiger partial charge in [0, 0.05) is 12.0 Å². The summed E-state index contributed by atoms with van der Waals surface area (Å²) >= 11 is 0. The SMILES string of the molecule is C=C1O[C@@H]2CO[C@@H](c3ccccc3)O[C@H]2C[C@H]1O[Si](CC)(CC)CC. The van der Waals surface area contributed by atoms with Gasteiger partial charge in [-0.05, 0) is 18.1 Å². The largest absolute Gasteiger partial charge is 0.488 e. The maximum absolute atomic E-state index is 6.62. The fourth-order valence-corrected chi connectivity index (χ4v) is 6.54. The zero-order valence-corrected chi connectivity index (χ0v) is 16.6. The van der Waals surface area contributed by atoms with Crippen molar-refractivity contribution < 1.29 is 18.6 Å². The van der Waals surface area contributed by atoms with Crippen LogP contribution >= 0.6 is 0 Å². The van der Waals surface area contributed by atoms with E-state index in [9.17, 15) is 0 Å². The molecule has 5 heteroatoms. The summed E-state index contributed by atoms with van der Waals surface area (Å²) in [6, 6.07) is 13.4. The molecule has 0 N–H and O–H groups in total. The number of hydrogen-bond donors (Lipinski definition) is 0. The summed E-state index contributed by atoms with van der Waals surface area (Å²) in [5.41, 5.74) is 1.04. The monoisotopic (exact) mass is 362 g/mol. The summed E-state index contributed by atoms with van der Waals surface area (Å²) in [4.78, 5) is 0. The minimum atomic E-state index is -1.71. The third-order valence-electron chi connectivity index (χ3n) is 5.63. The number of ether oxygens (including phenoxy) is 3. The average molecular weight is 363 g/mol. The smallest absolute Gasteiger partial charge is 0.193 e. The molecule has 0 aromatic heterocycles. The molecule has 2 saturated heterocycles. The number of rotatable bonds is 6. The summed E-state index contributed by atoms with van der Waals surface area (Å²) in [5, 5.41) is 0. The molecule has 0 saturated carbocycles. The predicted molar refractivity (Wildman–Crippen MR) is 101 cm³/mol. The second-order valence-electron chi connectivity index (χ2n) is 6.96. The van der Waals surface area contributed by atoms with Crippen molar-refractivity contribution in [2.45, 2.75) is 69.9 Å². The molecule has 0 amide bonds. The summed E-state index contributed by atoms with van der Waals surface area (Å²) in [5.74, 6) is 0.735. The molecule has 0 spiro atoms. The first-order chi connectivity index (χ1) is 12.1. The average Bonchev–Trinajstić information content (AvgIpc) is 2.67. The Balaban J connectivity index is 1.69. The molecule has 1 aromatic rings. The van der Waals surface area contributed by atoms with Crippen molar-refractivity contribution in [3.05, 3.63) is 48.2 Å². The van der Waals surface area contributed by atoms with Gasteiger partial charge in [0.15, 0.2) is 14.6 Å². The Morgan fingerprint density at radius 3 is 2.40 bits per heavy atom. The van der Waals surface area contributed by atoms with E-state index in [0.717, 1.165) is 35.9 Å². The van der Waals surface area contributed by atoms with Crippen molar-refractivity contribution in [3.8, 4) is 0 Å². The first-order valence-electron chi connectivity index (χ1n) is 9.46. The summed E-state index contributed by atoms with van der Waals surface area (Å²) in [6.45, 7) is 11.4. The van der Waals surface area contributed by atoms with E-state index < -0.39 is 8.32 Å². The van der Waals surface area contributed by atoms with Gasteiger partial charge < -0.3 is 18.6 Å². The van der Waals surface area contributed by atoms with Crippen LogP contribution < -0.4 is 0 Å². The van der Waals surface area contributed by atoms with Gasteiger partial charge in [-0.2, -0.15) is 0 Å². The van der Waals surface area contributed by atoms with E-state index in [1.165, 1.54) is 0 Å². The van der Waals surface area contributed by atoms with E-state index in [2.05, 4.69) is 27.4 Å². The zero-order chi connectivity index (χ0) is 17.9. The fourth-order valence-electron chi connectivity index (χ4n) is 3.71. The Hall–Kier alpha value is -1.14. The Bertz CT molecular complexity index is 564. The normalized spacial score (nSPS) is 29.8.